The van der Waals surface area contributed by atoms with Crippen LogP contribution in [0.25, 0.3) is 0 Å². The number of hydrogen-bond acceptors (Lipinski definition) is 7. The molecule has 0 heterocycles. The Kier molecular flexibility index (Phi) is 6.99. The Morgan fingerprint density at radius 1 is 0.962 bits per heavy atom. The molecular weight excluding hydrogens is 340 g/mol. The number of hydrogen-bond donors (Lipinski definition) is 1. The summed E-state index contributed by atoms with van der Waals surface area (Å²) in [5, 5.41) is 14.1. The van der Waals surface area contributed by atoms with Crippen LogP contribution in [-0.4, -0.2) is 38.4 Å². The van der Waals surface area contributed by atoms with Crippen LogP contribution in [0.4, 0.5) is 0 Å². The first-order valence-corrected chi connectivity index (χ1v) is 7.58. The third-order valence-electron chi connectivity index (χ3n) is 3.07. The number of nitrogens with one attached hydrogen (secondary N) is 1. The first-order chi connectivity index (χ1) is 12.6. The standard InChI is InChI=1S/C18H18N2O6/c1-24-14-6-8-16(9-7-14)25-11-17(21)20-19-10-13-2-4-15(5-3-13)26-12-18(22)23/h2-10H,11-12H2,1H3,(H,20,21)(H,22,23)/p-1/b19-10-. The van der Waals surface area contributed by atoms with Gasteiger partial charge in [-0.1, -0.05) is 0 Å². The van der Waals surface area contributed by atoms with Crippen molar-refractivity contribution in [3.63, 3.8) is 0 Å². The number of amides is 1. The maximum atomic E-state index is 11.7. The molecule has 0 fully saturated rings. The van der Waals surface area contributed by atoms with Crippen LogP contribution in [0, 0.1) is 0 Å². The van der Waals surface area contributed by atoms with E-state index < -0.39 is 18.5 Å². The number of benzene rings is 2. The van der Waals surface area contributed by atoms with Crippen LogP contribution in [0.3, 0.4) is 0 Å². The van der Waals surface area contributed by atoms with Gasteiger partial charge in [-0.05, 0) is 54.1 Å². The molecule has 0 aliphatic carbocycles. The highest BCUT2D eigenvalue weighted by atomic mass is 16.5. The van der Waals surface area contributed by atoms with Gasteiger partial charge < -0.3 is 24.1 Å². The summed E-state index contributed by atoms with van der Waals surface area (Å²) in [7, 11) is 1.56. The van der Waals surface area contributed by atoms with Gasteiger partial charge in [-0.15, -0.1) is 0 Å². The average molecular weight is 357 g/mol. The Hall–Kier alpha value is -3.55. The minimum absolute atomic E-state index is 0.181. The molecule has 1 amide bonds. The summed E-state index contributed by atoms with van der Waals surface area (Å²) in [6, 6.07) is 13.3. The molecule has 0 saturated heterocycles. The number of carboxylic acid groups (broad SMARTS) is 1. The van der Waals surface area contributed by atoms with Gasteiger partial charge in [0, 0.05) is 0 Å². The van der Waals surface area contributed by atoms with Crippen molar-refractivity contribution >= 4 is 18.1 Å². The van der Waals surface area contributed by atoms with Crippen LogP contribution in [0.5, 0.6) is 17.2 Å². The lowest BCUT2D eigenvalue weighted by Crippen LogP contribution is -2.28. The Bertz CT molecular complexity index is 756. The van der Waals surface area contributed by atoms with Crippen molar-refractivity contribution in [2.75, 3.05) is 20.3 Å². The zero-order valence-corrected chi connectivity index (χ0v) is 14.0. The van der Waals surface area contributed by atoms with Crippen LogP contribution < -0.4 is 24.7 Å². The number of carboxylic acids is 1. The molecule has 0 atom stereocenters. The minimum atomic E-state index is -1.30. The molecule has 2 aromatic carbocycles. The zero-order valence-electron chi connectivity index (χ0n) is 14.0. The Morgan fingerprint density at radius 3 is 2.08 bits per heavy atom. The van der Waals surface area contributed by atoms with E-state index in [1.165, 1.54) is 6.21 Å². The molecule has 0 radical (unpaired) electrons. The lowest BCUT2D eigenvalue weighted by atomic mass is 10.2. The first-order valence-electron chi connectivity index (χ1n) is 7.58. The number of aliphatic carboxylic acids is 1. The molecule has 0 aromatic heterocycles. The Morgan fingerprint density at radius 2 is 1.50 bits per heavy atom. The number of hydrazone groups is 1. The van der Waals surface area contributed by atoms with Crippen LogP contribution in [0.1, 0.15) is 5.56 Å². The molecule has 8 nitrogen and oxygen atoms in total. The molecule has 2 aromatic rings. The monoisotopic (exact) mass is 357 g/mol. The summed E-state index contributed by atoms with van der Waals surface area (Å²) >= 11 is 0. The van der Waals surface area contributed by atoms with E-state index in [0.717, 1.165) is 0 Å². The second-order valence-electron chi connectivity index (χ2n) is 4.99. The van der Waals surface area contributed by atoms with Gasteiger partial charge >= 0.3 is 0 Å². The third-order valence-corrected chi connectivity index (χ3v) is 3.07. The largest absolute Gasteiger partial charge is 0.546 e. The second-order valence-corrected chi connectivity index (χ2v) is 4.99. The van der Waals surface area contributed by atoms with E-state index in [1.54, 1.807) is 55.6 Å². The van der Waals surface area contributed by atoms with Crippen molar-refractivity contribution in [3.8, 4) is 17.2 Å². The number of carbonyl (C=O) groups is 2. The Balaban J connectivity index is 1.74. The maximum Gasteiger partial charge on any atom is 0.277 e. The SMILES string of the molecule is COc1ccc(OCC(=O)N/N=C\c2ccc(OCC(=O)[O-])cc2)cc1. The van der Waals surface area contributed by atoms with Crippen LogP contribution in [-0.2, 0) is 9.59 Å². The van der Waals surface area contributed by atoms with E-state index in [9.17, 15) is 14.7 Å². The molecule has 0 bridgehead atoms. The van der Waals surface area contributed by atoms with E-state index in [2.05, 4.69) is 10.5 Å². The zero-order chi connectivity index (χ0) is 18.8. The van der Waals surface area contributed by atoms with E-state index in [-0.39, 0.29) is 6.61 Å². The summed E-state index contributed by atoms with van der Waals surface area (Å²) in [5.74, 6) is -0.0796. The van der Waals surface area contributed by atoms with E-state index in [1.807, 2.05) is 0 Å². The van der Waals surface area contributed by atoms with Gasteiger partial charge in [-0.3, -0.25) is 4.79 Å². The summed E-state index contributed by atoms with van der Waals surface area (Å²) in [6.45, 7) is -0.697. The lowest BCUT2D eigenvalue weighted by Gasteiger charge is -2.06. The van der Waals surface area contributed by atoms with Gasteiger partial charge in [0.1, 0.15) is 23.9 Å². The number of carbonyl (C=O) groups excluding carboxylic acids is 2. The van der Waals surface area contributed by atoms with Crippen molar-refractivity contribution in [2.24, 2.45) is 5.10 Å². The fourth-order valence-electron chi connectivity index (χ4n) is 1.82. The molecule has 1 N–H and O–H groups in total. The topological polar surface area (TPSA) is 109 Å². The van der Waals surface area contributed by atoms with Gasteiger partial charge in [0.2, 0.25) is 0 Å². The van der Waals surface area contributed by atoms with Crippen molar-refractivity contribution in [3.05, 3.63) is 54.1 Å². The van der Waals surface area contributed by atoms with Crippen molar-refractivity contribution in [1.29, 1.82) is 0 Å². The first kappa shape index (κ1) is 18.8. The van der Waals surface area contributed by atoms with Crippen LogP contribution in [0.2, 0.25) is 0 Å². The molecule has 8 heteroatoms. The molecule has 0 unspecified atom stereocenters. The average Bonchev–Trinajstić information content (AvgIpc) is 2.66. The second kappa shape index (κ2) is 9.67. The number of rotatable bonds is 9. The minimum Gasteiger partial charge on any atom is -0.546 e. The summed E-state index contributed by atoms with van der Waals surface area (Å²) < 4.78 is 15.3. The quantitative estimate of drug-likeness (QED) is 0.512. The summed E-state index contributed by atoms with van der Waals surface area (Å²) in [6.07, 6.45) is 1.44. The van der Waals surface area contributed by atoms with Crippen molar-refractivity contribution in [2.45, 2.75) is 0 Å². The van der Waals surface area contributed by atoms with Crippen LogP contribution in [0.15, 0.2) is 53.6 Å². The normalized spacial score (nSPS) is 10.3. The van der Waals surface area contributed by atoms with E-state index in [0.29, 0.717) is 22.8 Å². The number of nitrogens with zero attached hydrogens (tertiary/aromatic N) is 1. The van der Waals surface area contributed by atoms with Crippen molar-refractivity contribution in [1.82, 2.24) is 5.43 Å². The maximum absolute atomic E-state index is 11.7. The molecule has 26 heavy (non-hydrogen) atoms. The smallest absolute Gasteiger partial charge is 0.277 e. The molecule has 136 valence electrons. The summed E-state index contributed by atoms with van der Waals surface area (Å²) in [4.78, 5) is 22.0. The fraction of sp³-hybridized carbons (Fsp3) is 0.167. The molecule has 0 saturated carbocycles. The lowest BCUT2D eigenvalue weighted by molar-refractivity contribution is -0.307. The summed E-state index contributed by atoms with van der Waals surface area (Å²) in [5.41, 5.74) is 3.04. The van der Waals surface area contributed by atoms with E-state index >= 15 is 0 Å². The molecule has 0 aliphatic heterocycles. The Labute approximate surface area is 150 Å². The third kappa shape index (κ3) is 6.52. The predicted octanol–water partition coefficient (Wildman–Crippen LogP) is 0.353. The molecular formula is C18H17N2O6-. The number of ether oxygens (including phenoxy) is 3. The van der Waals surface area contributed by atoms with Crippen LogP contribution >= 0.6 is 0 Å². The predicted molar refractivity (Wildman–Crippen MR) is 91.2 cm³/mol. The molecule has 2 rings (SSSR count). The van der Waals surface area contributed by atoms with Gasteiger partial charge in [0.05, 0.1) is 19.3 Å². The molecule has 0 spiro atoms. The highest BCUT2D eigenvalue weighted by Crippen LogP contribution is 2.16. The van der Waals surface area contributed by atoms with Gasteiger partial charge in [0.25, 0.3) is 5.91 Å². The number of methoxy groups -OCH3 is 1. The van der Waals surface area contributed by atoms with Gasteiger partial charge in [-0.25, -0.2) is 5.43 Å². The highest BCUT2D eigenvalue weighted by Gasteiger charge is 2.02. The van der Waals surface area contributed by atoms with Crippen molar-refractivity contribution < 1.29 is 28.9 Å². The van der Waals surface area contributed by atoms with Gasteiger partial charge in [-0.2, -0.15) is 5.10 Å². The van der Waals surface area contributed by atoms with E-state index in [4.69, 9.17) is 14.2 Å². The fourth-order valence-corrected chi connectivity index (χ4v) is 1.82. The molecule has 0 aliphatic rings. The highest BCUT2D eigenvalue weighted by molar-refractivity contribution is 5.83. The van der Waals surface area contributed by atoms with Gasteiger partial charge in [0.15, 0.2) is 6.61 Å².